The fourth-order valence-corrected chi connectivity index (χ4v) is 2.82. The third-order valence-electron chi connectivity index (χ3n) is 4.54. The van der Waals surface area contributed by atoms with Crippen molar-refractivity contribution in [2.75, 3.05) is 20.0 Å². The van der Waals surface area contributed by atoms with Crippen LogP contribution in [0.3, 0.4) is 0 Å². The predicted octanol–water partition coefficient (Wildman–Crippen LogP) is 1.82. The lowest BCUT2D eigenvalue weighted by Crippen LogP contribution is -2.32. The third kappa shape index (κ3) is 3.76. The van der Waals surface area contributed by atoms with Gasteiger partial charge >= 0.3 is 0 Å². The highest BCUT2D eigenvalue weighted by Crippen LogP contribution is 2.38. The lowest BCUT2D eigenvalue weighted by atomic mass is 9.97. The van der Waals surface area contributed by atoms with E-state index in [-0.39, 0.29) is 23.3 Å². The summed E-state index contributed by atoms with van der Waals surface area (Å²) in [6, 6.07) is 11.0. The van der Waals surface area contributed by atoms with Gasteiger partial charge < -0.3 is 32.0 Å². The summed E-state index contributed by atoms with van der Waals surface area (Å²) in [4.78, 5) is 12.2. The van der Waals surface area contributed by atoms with Crippen LogP contribution in [0.25, 0.3) is 16.8 Å². The number of anilines is 1. The van der Waals surface area contributed by atoms with E-state index >= 15 is 0 Å². The molecule has 3 rings (SSSR count). The lowest BCUT2D eigenvalue weighted by Gasteiger charge is -2.16. The maximum absolute atomic E-state index is 12.2. The molecule has 0 aromatic heterocycles. The Morgan fingerprint density at radius 3 is 2.44 bits per heavy atom. The van der Waals surface area contributed by atoms with Gasteiger partial charge in [0.2, 0.25) is 0 Å². The van der Waals surface area contributed by atoms with E-state index in [1.165, 1.54) is 0 Å². The molecule has 1 saturated carbocycles. The number of benzene rings is 2. The van der Waals surface area contributed by atoms with Gasteiger partial charge in [-0.15, -0.1) is 0 Å². The number of carbonyl (C=O) groups excluding carboxylic acids is 1. The molecule has 0 radical (unpaired) electrons. The average molecular weight is 368 g/mol. The van der Waals surface area contributed by atoms with E-state index in [0.29, 0.717) is 28.3 Å². The highest BCUT2D eigenvalue weighted by atomic mass is 16.5. The van der Waals surface area contributed by atoms with Gasteiger partial charge in [0.25, 0.3) is 5.91 Å². The minimum Gasteiger partial charge on any atom is -0.497 e. The molecule has 0 unspecified atom stereocenters. The van der Waals surface area contributed by atoms with E-state index in [4.69, 9.17) is 26.7 Å². The molecule has 0 atom stereocenters. The van der Waals surface area contributed by atoms with E-state index < -0.39 is 0 Å². The smallest absolute Gasteiger partial charge is 0.269 e. The summed E-state index contributed by atoms with van der Waals surface area (Å²) in [6.45, 7) is 0. The van der Waals surface area contributed by atoms with E-state index in [0.717, 1.165) is 18.4 Å². The fourth-order valence-electron chi connectivity index (χ4n) is 2.82. The lowest BCUT2D eigenvalue weighted by molar-refractivity contribution is -0.117. The third-order valence-corrected chi connectivity index (χ3v) is 4.54. The number of hydrogen-bond donors (Lipinski definition) is 4. The molecule has 142 valence electrons. The van der Waals surface area contributed by atoms with Crippen LogP contribution in [-0.2, 0) is 4.79 Å². The Labute approximate surface area is 158 Å². The van der Waals surface area contributed by atoms with Crippen molar-refractivity contribution in [1.29, 1.82) is 0 Å². The molecule has 1 fully saturated rings. The van der Waals surface area contributed by atoms with Crippen LogP contribution < -0.4 is 32.0 Å². The van der Waals surface area contributed by atoms with Gasteiger partial charge in [0.1, 0.15) is 17.2 Å². The summed E-state index contributed by atoms with van der Waals surface area (Å²) in [5, 5.41) is 2.82. The van der Waals surface area contributed by atoms with E-state index in [1.807, 2.05) is 12.1 Å². The second-order valence-corrected chi connectivity index (χ2v) is 6.41. The molecule has 0 spiro atoms. The number of ether oxygens (including phenoxy) is 2. The molecule has 7 heteroatoms. The Kier molecular flexibility index (Phi) is 5.12. The van der Waals surface area contributed by atoms with Gasteiger partial charge in [0.15, 0.2) is 0 Å². The zero-order valence-corrected chi connectivity index (χ0v) is 15.4. The zero-order valence-electron chi connectivity index (χ0n) is 15.4. The minimum absolute atomic E-state index is 0.0386. The molecule has 0 saturated heterocycles. The van der Waals surface area contributed by atoms with Crippen molar-refractivity contribution in [2.24, 2.45) is 11.5 Å². The molecule has 1 aliphatic carbocycles. The zero-order chi connectivity index (χ0) is 19.6. The number of hydrogen-bond acceptors (Lipinski definition) is 6. The van der Waals surface area contributed by atoms with Crippen molar-refractivity contribution in [1.82, 2.24) is 5.32 Å². The monoisotopic (exact) mass is 368 g/mol. The molecular weight excluding hydrogens is 344 g/mol. The molecular formula is C20H24N4O3. The molecule has 0 heterocycles. The number of rotatable bonds is 6. The number of para-hydroxylation sites is 1. The number of nitrogens with two attached hydrogens (primary N) is 3. The average Bonchev–Trinajstić information content (AvgIpc) is 3.50. The Morgan fingerprint density at radius 1 is 1.07 bits per heavy atom. The highest BCUT2D eigenvalue weighted by molar-refractivity contribution is 6.02. The maximum Gasteiger partial charge on any atom is 0.269 e. The van der Waals surface area contributed by atoms with Crippen molar-refractivity contribution in [2.45, 2.75) is 18.9 Å². The molecule has 0 bridgehead atoms. The Hall–Kier alpha value is -3.35. The molecule has 2 aromatic rings. The second kappa shape index (κ2) is 7.49. The van der Waals surface area contributed by atoms with Gasteiger partial charge in [-0.2, -0.15) is 0 Å². The molecule has 0 aliphatic heterocycles. The normalized spacial score (nSPS) is 14.3. The van der Waals surface area contributed by atoms with E-state index in [9.17, 15) is 4.79 Å². The van der Waals surface area contributed by atoms with Crippen LogP contribution in [0.1, 0.15) is 18.4 Å². The second-order valence-electron chi connectivity index (χ2n) is 6.41. The topological polar surface area (TPSA) is 126 Å². The first-order valence-corrected chi connectivity index (χ1v) is 8.63. The summed E-state index contributed by atoms with van der Waals surface area (Å²) in [6.07, 6.45) is 1.93. The van der Waals surface area contributed by atoms with Crippen molar-refractivity contribution in [3.05, 3.63) is 47.7 Å². The van der Waals surface area contributed by atoms with Crippen molar-refractivity contribution >= 4 is 17.3 Å². The van der Waals surface area contributed by atoms with Crippen LogP contribution in [-0.4, -0.2) is 26.2 Å². The first-order valence-electron chi connectivity index (χ1n) is 8.63. The van der Waals surface area contributed by atoms with E-state index in [1.54, 1.807) is 38.5 Å². The number of amides is 1. The number of nitrogens with one attached hydrogen (secondary N) is 1. The molecule has 1 amide bonds. The van der Waals surface area contributed by atoms with Crippen LogP contribution >= 0.6 is 0 Å². The molecule has 7 nitrogen and oxygen atoms in total. The first kappa shape index (κ1) is 18.4. The Balaban J connectivity index is 2.05. The number of nitrogen functional groups attached to an aromatic ring is 1. The van der Waals surface area contributed by atoms with Crippen molar-refractivity contribution in [3.8, 4) is 22.6 Å². The maximum atomic E-state index is 12.2. The predicted molar refractivity (Wildman–Crippen MR) is 106 cm³/mol. The number of methoxy groups -OCH3 is 2. The largest absolute Gasteiger partial charge is 0.497 e. The SMILES string of the molecule is COc1ccc(OC)c(-c2cccc(/C(N)=C(\N)C(=O)NC3CC3)c2N)c1. The van der Waals surface area contributed by atoms with Gasteiger partial charge in [0.05, 0.1) is 19.9 Å². The summed E-state index contributed by atoms with van der Waals surface area (Å²) in [7, 11) is 3.17. The minimum atomic E-state index is -0.376. The standard InChI is InChI=1S/C20H24N4O3/c1-26-12-8-9-16(27-2)15(10-12)13-4-3-5-14(17(13)21)18(22)19(23)20(25)24-11-6-7-11/h3-5,8-11H,6-7,21-23H2,1-2H3,(H,24,25)/b19-18+. The molecule has 2 aromatic carbocycles. The number of carbonyl (C=O) groups is 1. The van der Waals surface area contributed by atoms with Crippen molar-refractivity contribution in [3.63, 3.8) is 0 Å². The van der Waals surface area contributed by atoms with Gasteiger partial charge in [-0.25, -0.2) is 0 Å². The molecule has 27 heavy (non-hydrogen) atoms. The van der Waals surface area contributed by atoms with Crippen LogP contribution in [0, 0.1) is 0 Å². The summed E-state index contributed by atoms with van der Waals surface area (Å²) < 4.78 is 10.8. The van der Waals surface area contributed by atoms with Gasteiger partial charge in [0, 0.05) is 28.4 Å². The van der Waals surface area contributed by atoms with Crippen LogP contribution in [0.4, 0.5) is 5.69 Å². The quantitative estimate of drug-likeness (QED) is 0.455. The molecule has 1 aliphatic rings. The molecule has 7 N–H and O–H groups in total. The highest BCUT2D eigenvalue weighted by Gasteiger charge is 2.25. The van der Waals surface area contributed by atoms with Gasteiger partial charge in [-0.05, 0) is 31.0 Å². The summed E-state index contributed by atoms with van der Waals surface area (Å²) >= 11 is 0. The Morgan fingerprint density at radius 2 is 1.81 bits per heavy atom. The first-order chi connectivity index (χ1) is 13.0. The van der Waals surface area contributed by atoms with Gasteiger partial charge in [-0.1, -0.05) is 18.2 Å². The summed E-state index contributed by atoms with van der Waals surface area (Å²) in [5.74, 6) is 0.933. The van der Waals surface area contributed by atoms with E-state index in [2.05, 4.69) is 5.32 Å². The van der Waals surface area contributed by atoms with Crippen molar-refractivity contribution < 1.29 is 14.3 Å². The van der Waals surface area contributed by atoms with Crippen LogP contribution in [0.2, 0.25) is 0 Å². The van der Waals surface area contributed by atoms with Gasteiger partial charge in [-0.3, -0.25) is 4.79 Å². The van der Waals surface area contributed by atoms with Crippen LogP contribution in [0.15, 0.2) is 42.1 Å². The fraction of sp³-hybridized carbons (Fsp3) is 0.250. The Bertz CT molecular complexity index is 904. The van der Waals surface area contributed by atoms with Crippen LogP contribution in [0.5, 0.6) is 11.5 Å². The summed E-state index contributed by atoms with van der Waals surface area (Å²) in [5.41, 5.74) is 21.0.